The van der Waals surface area contributed by atoms with E-state index in [0.29, 0.717) is 19.1 Å². The van der Waals surface area contributed by atoms with E-state index in [4.69, 9.17) is 4.74 Å². The minimum Gasteiger partial charge on any atom is -0.381 e. The topological polar surface area (TPSA) is 58.6 Å². The van der Waals surface area contributed by atoms with Gasteiger partial charge in [-0.1, -0.05) is 13.3 Å². The van der Waals surface area contributed by atoms with Crippen molar-refractivity contribution in [3.63, 3.8) is 0 Å². The molecule has 1 N–H and O–H groups in total. The zero-order valence-corrected chi connectivity index (χ0v) is 12.1. The molecule has 2 saturated heterocycles. The summed E-state index contributed by atoms with van der Waals surface area (Å²) in [6.07, 6.45) is 2.59. The number of hydrogen-bond acceptors (Lipinski definition) is 3. The lowest BCUT2D eigenvalue weighted by atomic mass is 9.93. The van der Waals surface area contributed by atoms with Crippen LogP contribution in [0.1, 0.15) is 40.0 Å². The summed E-state index contributed by atoms with van der Waals surface area (Å²) in [5.41, 5.74) is -0.791. The molecule has 0 aromatic rings. The Morgan fingerprint density at radius 2 is 2.16 bits per heavy atom. The van der Waals surface area contributed by atoms with Gasteiger partial charge < -0.3 is 15.0 Å². The Hall–Kier alpha value is -1.10. The zero-order chi connectivity index (χ0) is 14.0. The van der Waals surface area contributed by atoms with E-state index >= 15 is 0 Å². The van der Waals surface area contributed by atoms with Crippen molar-refractivity contribution in [3.8, 4) is 0 Å². The average molecular weight is 268 g/mol. The normalized spacial score (nSPS) is 30.6. The third-order valence-electron chi connectivity index (χ3n) is 3.95. The summed E-state index contributed by atoms with van der Waals surface area (Å²) >= 11 is 0. The predicted molar refractivity (Wildman–Crippen MR) is 71.6 cm³/mol. The second-order valence-electron chi connectivity index (χ2n) is 6.11. The first-order valence-corrected chi connectivity index (χ1v) is 7.16. The largest absolute Gasteiger partial charge is 0.381 e. The van der Waals surface area contributed by atoms with Gasteiger partial charge in [0.05, 0.1) is 6.61 Å². The Labute approximate surface area is 114 Å². The molecule has 0 aliphatic carbocycles. The fourth-order valence-electron chi connectivity index (χ4n) is 2.86. The van der Waals surface area contributed by atoms with Gasteiger partial charge in [0.15, 0.2) is 0 Å². The van der Waals surface area contributed by atoms with Crippen LogP contribution >= 0.6 is 0 Å². The van der Waals surface area contributed by atoms with E-state index in [1.165, 1.54) is 0 Å². The first-order chi connectivity index (χ1) is 8.95. The smallest absolute Gasteiger partial charge is 0.248 e. The number of carbonyl (C=O) groups excluding carboxylic acids is 2. The molecule has 2 unspecified atom stereocenters. The van der Waals surface area contributed by atoms with E-state index in [9.17, 15) is 9.59 Å². The molecule has 2 rings (SSSR count). The van der Waals surface area contributed by atoms with Crippen molar-refractivity contribution >= 4 is 11.8 Å². The van der Waals surface area contributed by atoms with Gasteiger partial charge in [-0.2, -0.15) is 0 Å². The minimum atomic E-state index is -0.791. The lowest BCUT2D eigenvalue weighted by molar-refractivity contribution is -0.154. The fraction of sp³-hybridized carbons (Fsp3) is 0.857. The quantitative estimate of drug-likeness (QED) is 0.825. The second kappa shape index (κ2) is 5.49. The van der Waals surface area contributed by atoms with Crippen LogP contribution in [0.2, 0.25) is 0 Å². The summed E-state index contributed by atoms with van der Waals surface area (Å²) in [6.45, 7) is 7.68. The van der Waals surface area contributed by atoms with Gasteiger partial charge in [0.25, 0.3) is 0 Å². The summed E-state index contributed by atoms with van der Waals surface area (Å²) in [5.74, 6) is 0.368. The molecule has 2 aliphatic heterocycles. The number of nitrogens with one attached hydrogen (secondary N) is 1. The third-order valence-corrected chi connectivity index (χ3v) is 3.95. The lowest BCUT2D eigenvalue weighted by Crippen LogP contribution is -2.68. The van der Waals surface area contributed by atoms with Crippen LogP contribution in [0.5, 0.6) is 0 Å². The van der Waals surface area contributed by atoms with E-state index in [-0.39, 0.29) is 17.9 Å². The molecule has 0 spiro atoms. The maximum Gasteiger partial charge on any atom is 0.248 e. The van der Waals surface area contributed by atoms with E-state index in [1.807, 2.05) is 6.92 Å². The molecule has 0 bridgehead atoms. The van der Waals surface area contributed by atoms with Crippen molar-refractivity contribution in [2.75, 3.05) is 19.8 Å². The predicted octanol–water partition coefficient (Wildman–Crippen LogP) is 0.929. The number of nitrogens with zero attached hydrogens (tertiary/aromatic N) is 1. The van der Waals surface area contributed by atoms with Crippen molar-refractivity contribution in [2.45, 2.75) is 51.6 Å². The molecule has 0 aromatic heterocycles. The van der Waals surface area contributed by atoms with Crippen LogP contribution in [0, 0.1) is 5.92 Å². The SMILES string of the molecule is CCCC1C(=O)NC(C)(C)C(=O)N1CC1CCOC1. The number of piperazine rings is 1. The van der Waals surface area contributed by atoms with Crippen molar-refractivity contribution in [1.29, 1.82) is 0 Å². The molecule has 19 heavy (non-hydrogen) atoms. The first kappa shape index (κ1) is 14.3. The molecule has 0 aromatic carbocycles. The summed E-state index contributed by atoms with van der Waals surface area (Å²) in [4.78, 5) is 26.5. The lowest BCUT2D eigenvalue weighted by Gasteiger charge is -2.43. The number of amides is 2. The van der Waals surface area contributed by atoms with Crippen molar-refractivity contribution in [2.24, 2.45) is 5.92 Å². The monoisotopic (exact) mass is 268 g/mol. The third kappa shape index (κ3) is 2.91. The van der Waals surface area contributed by atoms with Crippen LogP contribution in [-0.2, 0) is 14.3 Å². The molecule has 108 valence electrons. The maximum absolute atomic E-state index is 12.5. The van der Waals surface area contributed by atoms with Gasteiger partial charge in [0, 0.05) is 19.1 Å². The maximum atomic E-state index is 12.5. The summed E-state index contributed by atoms with van der Waals surface area (Å²) < 4.78 is 5.37. The van der Waals surface area contributed by atoms with E-state index in [0.717, 1.165) is 25.9 Å². The molecule has 2 atom stereocenters. The Morgan fingerprint density at radius 3 is 2.74 bits per heavy atom. The van der Waals surface area contributed by atoms with Crippen LogP contribution < -0.4 is 5.32 Å². The molecule has 2 heterocycles. The van der Waals surface area contributed by atoms with Crippen LogP contribution in [0.15, 0.2) is 0 Å². The highest BCUT2D eigenvalue weighted by Crippen LogP contribution is 2.24. The van der Waals surface area contributed by atoms with Crippen LogP contribution in [0.4, 0.5) is 0 Å². The first-order valence-electron chi connectivity index (χ1n) is 7.16. The molecular weight excluding hydrogens is 244 g/mol. The summed E-state index contributed by atoms with van der Waals surface area (Å²) in [6, 6.07) is -0.314. The van der Waals surface area contributed by atoms with Gasteiger partial charge in [-0.3, -0.25) is 9.59 Å². The zero-order valence-electron chi connectivity index (χ0n) is 12.1. The second-order valence-corrected chi connectivity index (χ2v) is 6.11. The Balaban J connectivity index is 2.15. The highest BCUT2D eigenvalue weighted by atomic mass is 16.5. The van der Waals surface area contributed by atoms with Crippen LogP contribution in [0.25, 0.3) is 0 Å². The van der Waals surface area contributed by atoms with Crippen molar-refractivity contribution < 1.29 is 14.3 Å². The fourth-order valence-corrected chi connectivity index (χ4v) is 2.86. The minimum absolute atomic E-state index is 0.0228. The molecule has 0 radical (unpaired) electrons. The van der Waals surface area contributed by atoms with Gasteiger partial charge in [-0.25, -0.2) is 0 Å². The highest BCUT2D eigenvalue weighted by Gasteiger charge is 2.45. The molecular formula is C14H24N2O3. The van der Waals surface area contributed by atoms with Gasteiger partial charge >= 0.3 is 0 Å². The van der Waals surface area contributed by atoms with Crippen LogP contribution in [0.3, 0.4) is 0 Å². The Morgan fingerprint density at radius 1 is 1.42 bits per heavy atom. The van der Waals surface area contributed by atoms with E-state index in [1.54, 1.807) is 18.7 Å². The van der Waals surface area contributed by atoms with Crippen molar-refractivity contribution in [1.82, 2.24) is 10.2 Å². The standard InChI is InChI=1S/C14H24N2O3/c1-4-5-11-12(17)15-14(2,3)13(18)16(11)8-10-6-7-19-9-10/h10-11H,4-9H2,1-3H3,(H,15,17). The molecule has 2 fully saturated rings. The van der Waals surface area contributed by atoms with E-state index in [2.05, 4.69) is 5.32 Å². The number of carbonyl (C=O) groups is 2. The number of ether oxygens (including phenoxy) is 1. The Bertz CT molecular complexity index is 362. The van der Waals surface area contributed by atoms with Gasteiger partial charge in [0.2, 0.25) is 11.8 Å². The molecule has 5 heteroatoms. The molecule has 0 saturated carbocycles. The molecule has 5 nitrogen and oxygen atoms in total. The summed E-state index contributed by atoms with van der Waals surface area (Å²) in [7, 11) is 0. The highest BCUT2D eigenvalue weighted by molar-refractivity contribution is 5.99. The van der Waals surface area contributed by atoms with Gasteiger partial charge in [-0.15, -0.1) is 0 Å². The van der Waals surface area contributed by atoms with Gasteiger partial charge in [0.1, 0.15) is 11.6 Å². The van der Waals surface area contributed by atoms with Gasteiger partial charge in [-0.05, 0) is 26.7 Å². The van der Waals surface area contributed by atoms with E-state index < -0.39 is 5.54 Å². The number of hydrogen-bond donors (Lipinski definition) is 1. The van der Waals surface area contributed by atoms with Crippen molar-refractivity contribution in [3.05, 3.63) is 0 Å². The summed E-state index contributed by atoms with van der Waals surface area (Å²) in [5, 5.41) is 2.83. The molecule has 2 amide bonds. The Kier molecular flexibility index (Phi) is 4.13. The molecule has 2 aliphatic rings. The van der Waals surface area contributed by atoms with Crippen LogP contribution in [-0.4, -0.2) is 48.1 Å². The number of rotatable bonds is 4. The average Bonchev–Trinajstić information content (AvgIpc) is 2.83.